The first-order valence-corrected chi connectivity index (χ1v) is 7.01. The highest BCUT2D eigenvalue weighted by Crippen LogP contribution is 2.39. The van der Waals surface area contributed by atoms with Gasteiger partial charge in [0.05, 0.1) is 5.71 Å². The zero-order valence-electron chi connectivity index (χ0n) is 11.3. The Kier molecular flexibility index (Phi) is 2.89. The molecule has 0 radical (unpaired) electrons. The van der Waals surface area contributed by atoms with Crippen molar-refractivity contribution in [3.8, 4) is 0 Å². The van der Waals surface area contributed by atoms with E-state index in [4.69, 9.17) is 4.84 Å². The van der Waals surface area contributed by atoms with E-state index in [1.54, 1.807) is 0 Å². The molecule has 1 aromatic rings. The Balaban J connectivity index is 1.80. The van der Waals surface area contributed by atoms with E-state index in [1.807, 2.05) is 0 Å². The molecule has 2 heteroatoms. The first kappa shape index (κ1) is 11.8. The maximum absolute atomic E-state index is 5.81. The second kappa shape index (κ2) is 4.42. The second-order valence-corrected chi connectivity index (χ2v) is 5.85. The summed E-state index contributed by atoms with van der Waals surface area (Å²) in [6.45, 7) is 4.31. The second-order valence-electron chi connectivity index (χ2n) is 5.85. The standard InChI is InChI=1S/C16H21NO/c1-12-6-7-14(10-13(12)2)15-11-16(18-17-15)8-4-3-5-9-16/h6-7,10H,3-5,8-9,11H2,1-2H3. The number of hydrogen-bond donors (Lipinski definition) is 0. The summed E-state index contributed by atoms with van der Waals surface area (Å²) in [6, 6.07) is 6.59. The fourth-order valence-corrected chi connectivity index (χ4v) is 3.06. The monoisotopic (exact) mass is 243 g/mol. The van der Waals surface area contributed by atoms with Crippen molar-refractivity contribution in [2.24, 2.45) is 5.16 Å². The molecule has 1 heterocycles. The van der Waals surface area contributed by atoms with Crippen LogP contribution in [0.5, 0.6) is 0 Å². The quantitative estimate of drug-likeness (QED) is 0.726. The molecule has 0 bridgehead atoms. The largest absolute Gasteiger partial charge is 0.389 e. The van der Waals surface area contributed by atoms with Gasteiger partial charge in [-0.3, -0.25) is 0 Å². The Labute approximate surface area is 109 Å². The lowest BCUT2D eigenvalue weighted by Gasteiger charge is -2.30. The van der Waals surface area contributed by atoms with E-state index in [9.17, 15) is 0 Å². The SMILES string of the molecule is Cc1ccc(C2=NOC3(CCCCC3)C2)cc1C. The summed E-state index contributed by atoms with van der Waals surface area (Å²) in [5, 5.41) is 4.37. The third-order valence-electron chi connectivity index (χ3n) is 4.44. The molecule has 3 rings (SSSR count). The van der Waals surface area contributed by atoms with Gasteiger partial charge in [0.15, 0.2) is 0 Å². The summed E-state index contributed by atoms with van der Waals surface area (Å²) < 4.78 is 0. The topological polar surface area (TPSA) is 21.6 Å². The minimum absolute atomic E-state index is 0.0341. The summed E-state index contributed by atoms with van der Waals surface area (Å²) in [5.41, 5.74) is 5.08. The van der Waals surface area contributed by atoms with Crippen LogP contribution in [0.2, 0.25) is 0 Å². The fourth-order valence-electron chi connectivity index (χ4n) is 3.06. The summed E-state index contributed by atoms with van der Waals surface area (Å²) in [4.78, 5) is 5.81. The molecule has 1 aliphatic heterocycles. The Morgan fingerprint density at radius 1 is 1.06 bits per heavy atom. The fraction of sp³-hybridized carbons (Fsp3) is 0.562. The van der Waals surface area contributed by atoms with Gasteiger partial charge in [0.2, 0.25) is 0 Å². The van der Waals surface area contributed by atoms with Crippen LogP contribution < -0.4 is 0 Å². The summed E-state index contributed by atoms with van der Waals surface area (Å²) >= 11 is 0. The van der Waals surface area contributed by atoms with E-state index < -0.39 is 0 Å². The number of hydrogen-bond acceptors (Lipinski definition) is 2. The van der Waals surface area contributed by atoms with Crippen molar-refractivity contribution in [2.75, 3.05) is 0 Å². The minimum Gasteiger partial charge on any atom is -0.389 e. The van der Waals surface area contributed by atoms with Crippen LogP contribution in [-0.2, 0) is 4.84 Å². The molecule has 1 saturated carbocycles. The molecule has 2 nitrogen and oxygen atoms in total. The zero-order valence-corrected chi connectivity index (χ0v) is 11.3. The summed E-state index contributed by atoms with van der Waals surface area (Å²) in [7, 11) is 0. The van der Waals surface area contributed by atoms with E-state index in [0.717, 1.165) is 12.1 Å². The molecule has 1 fully saturated rings. The van der Waals surface area contributed by atoms with Crippen molar-refractivity contribution < 1.29 is 4.84 Å². The molecule has 0 aromatic heterocycles. The van der Waals surface area contributed by atoms with Crippen LogP contribution in [0.3, 0.4) is 0 Å². The van der Waals surface area contributed by atoms with Crippen LogP contribution >= 0.6 is 0 Å². The normalized spacial score (nSPS) is 21.8. The molecule has 0 amide bonds. The van der Waals surface area contributed by atoms with E-state index in [1.165, 1.54) is 48.8 Å². The van der Waals surface area contributed by atoms with Crippen molar-refractivity contribution >= 4 is 5.71 Å². The average molecular weight is 243 g/mol. The van der Waals surface area contributed by atoms with Gasteiger partial charge in [0.1, 0.15) is 5.60 Å². The molecule has 1 spiro atoms. The van der Waals surface area contributed by atoms with E-state index in [-0.39, 0.29) is 5.60 Å². The van der Waals surface area contributed by atoms with Crippen molar-refractivity contribution in [1.29, 1.82) is 0 Å². The smallest absolute Gasteiger partial charge is 0.143 e. The van der Waals surface area contributed by atoms with Crippen molar-refractivity contribution in [2.45, 2.75) is 58.0 Å². The molecule has 0 N–H and O–H groups in total. The van der Waals surface area contributed by atoms with Gasteiger partial charge in [0, 0.05) is 6.42 Å². The lowest BCUT2D eigenvalue weighted by molar-refractivity contribution is -0.0449. The molecule has 1 aliphatic carbocycles. The first-order chi connectivity index (χ1) is 8.69. The van der Waals surface area contributed by atoms with Crippen LogP contribution in [0.4, 0.5) is 0 Å². The highest BCUT2D eigenvalue weighted by atomic mass is 16.7. The van der Waals surface area contributed by atoms with Gasteiger partial charge in [-0.25, -0.2) is 0 Å². The molecule has 0 atom stereocenters. The lowest BCUT2D eigenvalue weighted by Crippen LogP contribution is -2.31. The number of aryl methyl sites for hydroxylation is 2. The van der Waals surface area contributed by atoms with E-state index >= 15 is 0 Å². The molecule has 0 unspecified atom stereocenters. The van der Waals surface area contributed by atoms with Crippen LogP contribution in [0.1, 0.15) is 55.2 Å². The van der Waals surface area contributed by atoms with Crippen molar-refractivity contribution in [3.63, 3.8) is 0 Å². The maximum atomic E-state index is 5.81. The third kappa shape index (κ3) is 2.05. The summed E-state index contributed by atoms with van der Waals surface area (Å²) in [5.74, 6) is 0. The van der Waals surface area contributed by atoms with Gasteiger partial charge >= 0.3 is 0 Å². The third-order valence-corrected chi connectivity index (χ3v) is 4.44. The van der Waals surface area contributed by atoms with Gasteiger partial charge in [-0.2, -0.15) is 0 Å². The first-order valence-electron chi connectivity index (χ1n) is 7.01. The minimum atomic E-state index is 0.0341. The molecule has 2 aliphatic rings. The lowest BCUT2D eigenvalue weighted by atomic mass is 9.80. The maximum Gasteiger partial charge on any atom is 0.143 e. The molecule has 1 aromatic carbocycles. The molecule has 96 valence electrons. The van der Waals surface area contributed by atoms with Crippen molar-refractivity contribution in [1.82, 2.24) is 0 Å². The van der Waals surface area contributed by atoms with Gasteiger partial charge in [-0.05, 0) is 62.3 Å². The Morgan fingerprint density at radius 3 is 2.56 bits per heavy atom. The van der Waals surface area contributed by atoms with Crippen LogP contribution in [0.25, 0.3) is 0 Å². The predicted octanol–water partition coefficient (Wildman–Crippen LogP) is 4.13. The van der Waals surface area contributed by atoms with Gasteiger partial charge < -0.3 is 4.84 Å². The highest BCUT2D eigenvalue weighted by molar-refractivity contribution is 6.01. The summed E-state index contributed by atoms with van der Waals surface area (Å²) in [6.07, 6.45) is 7.26. The van der Waals surface area contributed by atoms with Crippen LogP contribution in [-0.4, -0.2) is 11.3 Å². The number of rotatable bonds is 1. The zero-order chi connectivity index (χ0) is 12.6. The predicted molar refractivity (Wildman–Crippen MR) is 74.0 cm³/mol. The van der Waals surface area contributed by atoms with E-state index in [2.05, 4.69) is 37.2 Å². The average Bonchev–Trinajstić information content (AvgIpc) is 2.78. The number of oxime groups is 1. The van der Waals surface area contributed by atoms with Crippen LogP contribution in [0, 0.1) is 13.8 Å². The van der Waals surface area contributed by atoms with Gasteiger partial charge in [-0.15, -0.1) is 0 Å². The Bertz CT molecular complexity index is 484. The van der Waals surface area contributed by atoms with Crippen LogP contribution in [0.15, 0.2) is 23.4 Å². The Hall–Kier alpha value is -1.31. The van der Waals surface area contributed by atoms with Gasteiger partial charge in [0.25, 0.3) is 0 Å². The van der Waals surface area contributed by atoms with Gasteiger partial charge in [-0.1, -0.05) is 23.7 Å². The highest BCUT2D eigenvalue weighted by Gasteiger charge is 2.40. The molecular weight excluding hydrogens is 222 g/mol. The Morgan fingerprint density at radius 2 is 1.83 bits per heavy atom. The molecule has 0 saturated heterocycles. The number of nitrogens with zero attached hydrogens (tertiary/aromatic N) is 1. The van der Waals surface area contributed by atoms with E-state index in [0.29, 0.717) is 0 Å². The number of benzene rings is 1. The van der Waals surface area contributed by atoms with Crippen molar-refractivity contribution in [3.05, 3.63) is 34.9 Å². The molecular formula is C16H21NO. The molecule has 18 heavy (non-hydrogen) atoms.